The van der Waals surface area contributed by atoms with Crippen LogP contribution in [0.15, 0.2) is 18.2 Å². The maximum atomic E-state index is 13.5. The molecule has 0 bridgehead atoms. The second-order valence-corrected chi connectivity index (χ2v) is 5.92. The van der Waals surface area contributed by atoms with Crippen LogP contribution in [0.1, 0.15) is 26.3 Å². The summed E-state index contributed by atoms with van der Waals surface area (Å²) in [7, 11) is 0. The van der Waals surface area contributed by atoms with Gasteiger partial charge in [0, 0.05) is 24.8 Å². The van der Waals surface area contributed by atoms with Gasteiger partial charge in [0.05, 0.1) is 13.2 Å². The normalized spacial score (nSPS) is 19.6. The summed E-state index contributed by atoms with van der Waals surface area (Å²) in [5.41, 5.74) is 2.15. The van der Waals surface area contributed by atoms with E-state index in [4.69, 9.17) is 4.74 Å². The summed E-state index contributed by atoms with van der Waals surface area (Å²) in [6, 6.07) is 5.41. The third-order valence-corrected chi connectivity index (χ3v) is 3.59. The van der Waals surface area contributed by atoms with Gasteiger partial charge in [-0.1, -0.05) is 13.8 Å². The molecule has 2 rings (SSSR count). The van der Waals surface area contributed by atoms with Crippen molar-refractivity contribution in [2.75, 3.05) is 31.2 Å². The maximum Gasteiger partial charge on any atom is 0.123 e. The zero-order valence-electron chi connectivity index (χ0n) is 12.7. The predicted octanol–water partition coefficient (Wildman–Crippen LogP) is 2.80. The van der Waals surface area contributed by atoms with Crippen LogP contribution >= 0.6 is 0 Å². The van der Waals surface area contributed by atoms with Crippen LogP contribution in [-0.2, 0) is 11.3 Å². The number of nitrogens with one attached hydrogen (secondary N) is 1. The van der Waals surface area contributed by atoms with Gasteiger partial charge < -0.3 is 15.0 Å². The van der Waals surface area contributed by atoms with E-state index in [-0.39, 0.29) is 5.82 Å². The Kier molecular flexibility index (Phi) is 5.38. The van der Waals surface area contributed by atoms with Crippen LogP contribution in [0.5, 0.6) is 0 Å². The lowest BCUT2D eigenvalue weighted by molar-refractivity contribution is 0.0988. The van der Waals surface area contributed by atoms with E-state index in [1.54, 1.807) is 12.1 Å². The maximum absolute atomic E-state index is 13.5. The van der Waals surface area contributed by atoms with Crippen LogP contribution in [0.3, 0.4) is 0 Å². The molecular weight excluding hydrogens is 255 g/mol. The first kappa shape index (κ1) is 15.3. The molecular formula is C16H25FN2O. The number of ether oxygens (including phenoxy) is 1. The lowest BCUT2D eigenvalue weighted by Crippen LogP contribution is -2.44. The van der Waals surface area contributed by atoms with Gasteiger partial charge in [-0.3, -0.25) is 0 Å². The van der Waals surface area contributed by atoms with E-state index >= 15 is 0 Å². The molecule has 0 radical (unpaired) electrons. The molecule has 1 aliphatic rings. The number of nitrogens with zero attached hydrogens (tertiary/aromatic N) is 1. The fourth-order valence-corrected chi connectivity index (χ4v) is 2.56. The number of rotatable bonds is 5. The van der Waals surface area contributed by atoms with Crippen molar-refractivity contribution in [2.24, 2.45) is 5.92 Å². The second kappa shape index (κ2) is 7.04. The molecule has 1 N–H and O–H groups in total. The zero-order valence-corrected chi connectivity index (χ0v) is 12.7. The molecule has 1 aliphatic heterocycles. The molecule has 3 nitrogen and oxygen atoms in total. The molecule has 1 unspecified atom stereocenters. The van der Waals surface area contributed by atoms with Crippen LogP contribution in [-0.4, -0.2) is 32.3 Å². The Morgan fingerprint density at radius 2 is 2.25 bits per heavy atom. The van der Waals surface area contributed by atoms with Crippen LogP contribution in [0.25, 0.3) is 0 Å². The Labute approximate surface area is 121 Å². The first-order valence-corrected chi connectivity index (χ1v) is 7.41. The van der Waals surface area contributed by atoms with Gasteiger partial charge in [-0.25, -0.2) is 4.39 Å². The summed E-state index contributed by atoms with van der Waals surface area (Å²) in [6.07, 6.45) is 0. The van der Waals surface area contributed by atoms with Crippen LogP contribution in [0.4, 0.5) is 10.1 Å². The summed E-state index contributed by atoms with van der Waals surface area (Å²) in [5, 5.41) is 3.40. The average molecular weight is 280 g/mol. The standard InChI is InChI=1S/C16H25FN2O/c1-12(2)9-18-10-14-8-15(17)4-5-16(14)19-6-7-20-11-13(19)3/h4-5,8,12-13,18H,6-7,9-11H2,1-3H3. The topological polar surface area (TPSA) is 24.5 Å². The predicted molar refractivity (Wildman–Crippen MR) is 80.6 cm³/mol. The zero-order chi connectivity index (χ0) is 14.5. The highest BCUT2D eigenvalue weighted by Gasteiger charge is 2.21. The van der Waals surface area contributed by atoms with Crippen molar-refractivity contribution < 1.29 is 9.13 Å². The Hall–Kier alpha value is -1.13. The summed E-state index contributed by atoms with van der Waals surface area (Å²) >= 11 is 0. The first-order valence-electron chi connectivity index (χ1n) is 7.41. The minimum atomic E-state index is -0.170. The molecule has 1 aromatic rings. The third kappa shape index (κ3) is 3.93. The van der Waals surface area contributed by atoms with E-state index in [2.05, 4.69) is 31.0 Å². The van der Waals surface area contributed by atoms with Crippen molar-refractivity contribution in [1.82, 2.24) is 5.32 Å². The fraction of sp³-hybridized carbons (Fsp3) is 0.625. The fourth-order valence-electron chi connectivity index (χ4n) is 2.56. The number of benzene rings is 1. The number of halogens is 1. The first-order chi connectivity index (χ1) is 9.58. The molecule has 4 heteroatoms. The van der Waals surface area contributed by atoms with Crippen molar-refractivity contribution >= 4 is 5.69 Å². The van der Waals surface area contributed by atoms with Gasteiger partial charge in [-0.2, -0.15) is 0 Å². The van der Waals surface area contributed by atoms with Crippen molar-refractivity contribution in [3.63, 3.8) is 0 Å². The summed E-state index contributed by atoms with van der Waals surface area (Å²) in [4.78, 5) is 2.31. The minimum absolute atomic E-state index is 0.170. The van der Waals surface area contributed by atoms with E-state index < -0.39 is 0 Å². The Morgan fingerprint density at radius 1 is 1.45 bits per heavy atom. The van der Waals surface area contributed by atoms with Gasteiger partial charge in [0.2, 0.25) is 0 Å². The van der Waals surface area contributed by atoms with Crippen LogP contribution in [0.2, 0.25) is 0 Å². The van der Waals surface area contributed by atoms with Crippen molar-refractivity contribution in [1.29, 1.82) is 0 Å². The van der Waals surface area contributed by atoms with Crippen molar-refractivity contribution in [3.8, 4) is 0 Å². The molecule has 1 fully saturated rings. The molecule has 1 saturated heterocycles. The molecule has 0 aromatic heterocycles. The lowest BCUT2D eigenvalue weighted by Gasteiger charge is -2.36. The summed E-state index contributed by atoms with van der Waals surface area (Å²) in [6.45, 7) is 10.5. The lowest BCUT2D eigenvalue weighted by atomic mass is 10.1. The molecule has 1 atom stereocenters. The van der Waals surface area contributed by atoms with E-state index in [0.29, 0.717) is 18.5 Å². The van der Waals surface area contributed by atoms with Gasteiger partial charge in [-0.05, 0) is 43.1 Å². The van der Waals surface area contributed by atoms with Gasteiger partial charge in [0.25, 0.3) is 0 Å². The SMILES string of the molecule is CC(C)CNCc1cc(F)ccc1N1CCOCC1C. The molecule has 1 heterocycles. The molecule has 0 amide bonds. The van der Waals surface area contributed by atoms with E-state index in [1.165, 1.54) is 0 Å². The largest absolute Gasteiger partial charge is 0.377 e. The molecule has 0 spiro atoms. The Morgan fingerprint density at radius 3 is 2.95 bits per heavy atom. The monoisotopic (exact) mass is 280 g/mol. The molecule has 1 aromatic carbocycles. The molecule has 112 valence electrons. The van der Waals surface area contributed by atoms with Gasteiger partial charge >= 0.3 is 0 Å². The Balaban J connectivity index is 2.14. The third-order valence-electron chi connectivity index (χ3n) is 3.59. The highest BCUT2D eigenvalue weighted by Crippen LogP contribution is 2.25. The average Bonchev–Trinajstić information content (AvgIpc) is 2.40. The van der Waals surface area contributed by atoms with E-state index in [0.717, 1.165) is 37.6 Å². The number of hydrogen-bond acceptors (Lipinski definition) is 3. The van der Waals surface area contributed by atoms with Crippen LogP contribution < -0.4 is 10.2 Å². The molecule has 20 heavy (non-hydrogen) atoms. The van der Waals surface area contributed by atoms with Gasteiger partial charge in [-0.15, -0.1) is 0 Å². The second-order valence-electron chi connectivity index (χ2n) is 5.92. The quantitative estimate of drug-likeness (QED) is 0.897. The number of morpholine rings is 1. The van der Waals surface area contributed by atoms with Gasteiger partial charge in [0.15, 0.2) is 0 Å². The van der Waals surface area contributed by atoms with E-state index in [9.17, 15) is 4.39 Å². The number of anilines is 1. The van der Waals surface area contributed by atoms with Crippen molar-refractivity contribution in [3.05, 3.63) is 29.6 Å². The van der Waals surface area contributed by atoms with Crippen LogP contribution in [0, 0.1) is 11.7 Å². The van der Waals surface area contributed by atoms with Crippen molar-refractivity contribution in [2.45, 2.75) is 33.4 Å². The molecule has 0 aliphatic carbocycles. The summed E-state index contributed by atoms with van der Waals surface area (Å²) < 4.78 is 19.0. The summed E-state index contributed by atoms with van der Waals surface area (Å²) in [5.74, 6) is 0.422. The smallest absolute Gasteiger partial charge is 0.123 e. The number of hydrogen-bond donors (Lipinski definition) is 1. The highest BCUT2D eigenvalue weighted by atomic mass is 19.1. The van der Waals surface area contributed by atoms with E-state index in [1.807, 2.05) is 6.07 Å². The van der Waals surface area contributed by atoms with Gasteiger partial charge in [0.1, 0.15) is 5.82 Å². The Bertz CT molecular complexity index is 436. The minimum Gasteiger partial charge on any atom is -0.377 e. The highest BCUT2D eigenvalue weighted by molar-refractivity contribution is 5.55. The molecule has 0 saturated carbocycles.